The quantitative estimate of drug-likeness (QED) is 0.768. The smallest absolute Gasteiger partial charge is 0.220 e. The minimum absolute atomic E-state index is 0.00549. The summed E-state index contributed by atoms with van der Waals surface area (Å²) in [5, 5.41) is 12.2. The average Bonchev–Trinajstić information content (AvgIpc) is 2.29. The van der Waals surface area contributed by atoms with Gasteiger partial charge < -0.3 is 10.4 Å². The normalized spacial score (nSPS) is 12.2. The van der Waals surface area contributed by atoms with Gasteiger partial charge in [0.2, 0.25) is 5.91 Å². The summed E-state index contributed by atoms with van der Waals surface area (Å²) in [4.78, 5) is 11.6. The second-order valence-corrected chi connectivity index (χ2v) is 4.46. The molecule has 1 aromatic carbocycles. The predicted octanol–water partition coefficient (Wildman–Crippen LogP) is 2.68. The monoisotopic (exact) mass is 255 g/mol. The molecule has 0 saturated heterocycles. The lowest BCUT2D eigenvalue weighted by Crippen LogP contribution is -2.26. The summed E-state index contributed by atoms with van der Waals surface area (Å²) in [6, 6.07) is 7.41. The van der Waals surface area contributed by atoms with Gasteiger partial charge in [0.05, 0.1) is 6.04 Å². The van der Waals surface area contributed by atoms with E-state index < -0.39 is 0 Å². The van der Waals surface area contributed by atoms with Crippen LogP contribution >= 0.6 is 11.6 Å². The lowest BCUT2D eigenvalue weighted by Gasteiger charge is -2.14. The maximum atomic E-state index is 11.6. The van der Waals surface area contributed by atoms with Crippen LogP contribution in [0.2, 0.25) is 5.02 Å². The molecule has 1 amide bonds. The van der Waals surface area contributed by atoms with Gasteiger partial charge in [0.25, 0.3) is 0 Å². The Morgan fingerprint density at radius 2 is 2.24 bits per heavy atom. The summed E-state index contributed by atoms with van der Waals surface area (Å²) >= 11 is 5.89. The number of unbranched alkanes of at least 4 members (excludes halogenated alkanes) is 1. The highest BCUT2D eigenvalue weighted by atomic mass is 35.5. The summed E-state index contributed by atoms with van der Waals surface area (Å²) in [6.45, 7) is 2.06. The van der Waals surface area contributed by atoms with Gasteiger partial charge in [-0.15, -0.1) is 0 Å². The summed E-state index contributed by atoms with van der Waals surface area (Å²) in [7, 11) is 0. The van der Waals surface area contributed by atoms with Gasteiger partial charge >= 0.3 is 0 Å². The molecule has 0 spiro atoms. The highest BCUT2D eigenvalue weighted by molar-refractivity contribution is 6.30. The molecule has 0 saturated carbocycles. The average molecular weight is 256 g/mol. The summed E-state index contributed by atoms with van der Waals surface area (Å²) < 4.78 is 0. The van der Waals surface area contributed by atoms with Crippen LogP contribution < -0.4 is 5.32 Å². The van der Waals surface area contributed by atoms with Gasteiger partial charge in [-0.1, -0.05) is 23.7 Å². The van der Waals surface area contributed by atoms with E-state index in [2.05, 4.69) is 5.32 Å². The van der Waals surface area contributed by atoms with E-state index in [1.807, 2.05) is 25.1 Å². The third-order valence-corrected chi connectivity index (χ3v) is 2.77. The van der Waals surface area contributed by atoms with Gasteiger partial charge in [-0.05, 0) is 37.5 Å². The van der Waals surface area contributed by atoms with Crippen molar-refractivity contribution in [3.63, 3.8) is 0 Å². The number of amides is 1. The topological polar surface area (TPSA) is 49.3 Å². The van der Waals surface area contributed by atoms with E-state index in [1.165, 1.54) is 0 Å². The van der Waals surface area contributed by atoms with Crippen LogP contribution in [-0.4, -0.2) is 17.6 Å². The number of aliphatic hydroxyl groups excluding tert-OH is 1. The lowest BCUT2D eigenvalue weighted by molar-refractivity contribution is -0.121. The molecule has 1 unspecified atom stereocenters. The van der Waals surface area contributed by atoms with Crippen molar-refractivity contribution in [2.45, 2.75) is 32.2 Å². The molecule has 3 nitrogen and oxygen atoms in total. The van der Waals surface area contributed by atoms with E-state index in [0.29, 0.717) is 24.3 Å². The summed E-state index contributed by atoms with van der Waals surface area (Å²) in [5.74, 6) is 0.00549. The van der Waals surface area contributed by atoms with Crippen molar-refractivity contribution in [3.05, 3.63) is 34.9 Å². The first-order chi connectivity index (χ1) is 8.13. The van der Waals surface area contributed by atoms with Crippen molar-refractivity contribution in [2.75, 3.05) is 6.61 Å². The molecule has 0 aliphatic rings. The molecule has 94 valence electrons. The molecule has 0 aliphatic carbocycles. The zero-order chi connectivity index (χ0) is 12.7. The minimum Gasteiger partial charge on any atom is -0.396 e. The van der Waals surface area contributed by atoms with Crippen molar-refractivity contribution < 1.29 is 9.90 Å². The van der Waals surface area contributed by atoms with Crippen LogP contribution in [0.3, 0.4) is 0 Å². The van der Waals surface area contributed by atoms with E-state index in [9.17, 15) is 4.79 Å². The largest absolute Gasteiger partial charge is 0.396 e. The van der Waals surface area contributed by atoms with Gasteiger partial charge in [-0.2, -0.15) is 0 Å². The Bertz CT molecular complexity index is 368. The van der Waals surface area contributed by atoms with Gasteiger partial charge in [0, 0.05) is 18.1 Å². The van der Waals surface area contributed by atoms with Crippen LogP contribution in [0.25, 0.3) is 0 Å². The maximum Gasteiger partial charge on any atom is 0.220 e. The van der Waals surface area contributed by atoms with E-state index >= 15 is 0 Å². The number of benzene rings is 1. The number of halogens is 1. The highest BCUT2D eigenvalue weighted by Crippen LogP contribution is 2.17. The molecule has 1 atom stereocenters. The van der Waals surface area contributed by atoms with Gasteiger partial charge in [-0.3, -0.25) is 4.79 Å². The molecule has 2 N–H and O–H groups in total. The Hall–Kier alpha value is -1.06. The zero-order valence-electron chi connectivity index (χ0n) is 9.95. The standard InChI is InChI=1S/C13H18ClNO2/c1-10(11-5-4-6-12(14)9-11)15-13(17)7-2-3-8-16/h4-6,9-10,16H,2-3,7-8H2,1H3,(H,15,17). The molecular weight excluding hydrogens is 238 g/mol. The molecule has 0 aliphatic heterocycles. The molecule has 0 aromatic heterocycles. The maximum absolute atomic E-state index is 11.6. The highest BCUT2D eigenvalue weighted by Gasteiger charge is 2.09. The molecule has 17 heavy (non-hydrogen) atoms. The van der Waals surface area contributed by atoms with E-state index in [4.69, 9.17) is 16.7 Å². The fraction of sp³-hybridized carbons (Fsp3) is 0.462. The minimum atomic E-state index is -0.0460. The molecule has 0 bridgehead atoms. The Kier molecular flexibility index (Phi) is 6.01. The SMILES string of the molecule is CC(NC(=O)CCCCO)c1cccc(Cl)c1. The molecule has 0 heterocycles. The third kappa shape index (κ3) is 5.20. The van der Waals surface area contributed by atoms with Crippen LogP contribution in [0, 0.1) is 0 Å². The van der Waals surface area contributed by atoms with Crippen molar-refractivity contribution in [1.29, 1.82) is 0 Å². The van der Waals surface area contributed by atoms with E-state index in [1.54, 1.807) is 6.07 Å². The molecule has 1 rings (SSSR count). The van der Waals surface area contributed by atoms with Gasteiger partial charge in [0.15, 0.2) is 0 Å². The molecular formula is C13H18ClNO2. The van der Waals surface area contributed by atoms with Crippen molar-refractivity contribution in [1.82, 2.24) is 5.32 Å². The molecule has 0 fully saturated rings. The second kappa shape index (κ2) is 7.30. The zero-order valence-corrected chi connectivity index (χ0v) is 10.7. The predicted molar refractivity (Wildman–Crippen MR) is 68.9 cm³/mol. The third-order valence-electron chi connectivity index (χ3n) is 2.54. The summed E-state index contributed by atoms with van der Waals surface area (Å²) in [6.07, 6.45) is 1.83. The lowest BCUT2D eigenvalue weighted by atomic mass is 10.1. The first kappa shape index (κ1) is 14.0. The second-order valence-electron chi connectivity index (χ2n) is 4.02. The molecule has 4 heteroatoms. The number of nitrogens with one attached hydrogen (secondary N) is 1. The van der Waals surface area contributed by atoms with E-state index in [-0.39, 0.29) is 18.6 Å². The van der Waals surface area contributed by atoms with Crippen LogP contribution in [0.4, 0.5) is 0 Å². The van der Waals surface area contributed by atoms with Crippen molar-refractivity contribution in [2.24, 2.45) is 0 Å². The Balaban J connectivity index is 2.43. The van der Waals surface area contributed by atoms with Crippen molar-refractivity contribution >= 4 is 17.5 Å². The van der Waals surface area contributed by atoms with Gasteiger partial charge in [0.1, 0.15) is 0 Å². The van der Waals surface area contributed by atoms with Crippen LogP contribution in [-0.2, 0) is 4.79 Å². The fourth-order valence-corrected chi connectivity index (χ4v) is 1.77. The fourth-order valence-electron chi connectivity index (χ4n) is 1.57. The number of carbonyl (C=O) groups excluding carboxylic acids is 1. The number of carbonyl (C=O) groups is 1. The van der Waals surface area contributed by atoms with Crippen LogP contribution in [0.5, 0.6) is 0 Å². The molecule has 0 radical (unpaired) electrons. The number of hydrogen-bond donors (Lipinski definition) is 2. The van der Waals surface area contributed by atoms with Crippen molar-refractivity contribution in [3.8, 4) is 0 Å². The first-order valence-corrected chi connectivity index (χ1v) is 6.17. The summed E-state index contributed by atoms with van der Waals surface area (Å²) in [5.41, 5.74) is 0.994. The van der Waals surface area contributed by atoms with Crippen LogP contribution in [0.1, 0.15) is 37.8 Å². The Morgan fingerprint density at radius 3 is 2.88 bits per heavy atom. The number of rotatable bonds is 6. The Morgan fingerprint density at radius 1 is 1.47 bits per heavy atom. The first-order valence-electron chi connectivity index (χ1n) is 5.79. The van der Waals surface area contributed by atoms with E-state index in [0.717, 1.165) is 5.56 Å². The molecule has 1 aromatic rings. The number of aliphatic hydroxyl groups is 1. The van der Waals surface area contributed by atoms with Crippen LogP contribution in [0.15, 0.2) is 24.3 Å². The Labute approximate surface area is 107 Å². The number of hydrogen-bond acceptors (Lipinski definition) is 2. The van der Waals surface area contributed by atoms with Gasteiger partial charge in [-0.25, -0.2) is 0 Å².